The van der Waals surface area contributed by atoms with Gasteiger partial charge in [0, 0.05) is 7.05 Å². The predicted octanol–water partition coefficient (Wildman–Crippen LogP) is 2.57. The molecular formula is C8H7F3N. The molecule has 0 unspecified atom stereocenters. The van der Waals surface area contributed by atoms with Crippen LogP contribution in [0.3, 0.4) is 0 Å². The predicted molar refractivity (Wildman–Crippen MR) is 39.2 cm³/mol. The molecule has 0 aliphatic carbocycles. The smallest absolute Gasteiger partial charge is 0.288 e. The second kappa shape index (κ2) is 3.05. The molecule has 1 radical (unpaired) electrons. The lowest BCUT2D eigenvalue weighted by molar-refractivity contribution is -0.137. The largest absolute Gasteiger partial charge is 0.418 e. The molecule has 1 rings (SSSR count). The van der Waals surface area contributed by atoms with Crippen molar-refractivity contribution in [1.82, 2.24) is 5.32 Å². The SMILES string of the molecule is C[N]c1ccccc1C(F)(F)F. The van der Waals surface area contributed by atoms with Crippen LogP contribution in [0.25, 0.3) is 0 Å². The standard InChI is InChI=1S/C8H7F3N/c1-12-7-5-3-2-4-6(7)8(9,10)11/h2-5H,1H3. The first-order valence-corrected chi connectivity index (χ1v) is 3.32. The molecule has 0 aromatic heterocycles. The highest BCUT2D eigenvalue weighted by Gasteiger charge is 2.32. The number of alkyl halides is 3. The summed E-state index contributed by atoms with van der Waals surface area (Å²) in [6, 6.07) is 5.22. The molecule has 1 nitrogen and oxygen atoms in total. The van der Waals surface area contributed by atoms with Crippen LogP contribution in [0.4, 0.5) is 18.9 Å². The molecule has 0 heterocycles. The van der Waals surface area contributed by atoms with Crippen molar-refractivity contribution in [3.8, 4) is 0 Å². The number of para-hydroxylation sites is 1. The number of rotatable bonds is 1. The van der Waals surface area contributed by atoms with Crippen LogP contribution in [0, 0.1) is 0 Å². The van der Waals surface area contributed by atoms with E-state index in [2.05, 4.69) is 5.32 Å². The number of nitrogens with zero attached hydrogens (tertiary/aromatic N) is 1. The van der Waals surface area contributed by atoms with Gasteiger partial charge in [0.25, 0.3) is 0 Å². The maximum Gasteiger partial charge on any atom is 0.418 e. The van der Waals surface area contributed by atoms with Crippen LogP contribution in [0.2, 0.25) is 0 Å². The molecule has 0 aliphatic heterocycles. The van der Waals surface area contributed by atoms with Crippen molar-refractivity contribution in [1.29, 1.82) is 0 Å². The Kier molecular flexibility index (Phi) is 2.26. The molecule has 0 amide bonds. The van der Waals surface area contributed by atoms with Crippen LogP contribution in [-0.2, 0) is 6.18 Å². The highest BCUT2D eigenvalue weighted by atomic mass is 19.4. The van der Waals surface area contributed by atoms with Gasteiger partial charge in [-0.05, 0) is 12.1 Å². The van der Waals surface area contributed by atoms with Gasteiger partial charge in [0.15, 0.2) is 0 Å². The van der Waals surface area contributed by atoms with Gasteiger partial charge < -0.3 is 0 Å². The third-order valence-electron chi connectivity index (χ3n) is 1.45. The Morgan fingerprint density at radius 3 is 2.17 bits per heavy atom. The molecule has 1 aromatic rings. The zero-order valence-electron chi connectivity index (χ0n) is 6.39. The molecule has 0 spiro atoms. The summed E-state index contributed by atoms with van der Waals surface area (Å²) in [5, 5.41) is 3.52. The van der Waals surface area contributed by atoms with E-state index in [1.807, 2.05) is 0 Å². The molecule has 0 aliphatic rings. The van der Waals surface area contributed by atoms with E-state index in [0.29, 0.717) is 0 Å². The fourth-order valence-electron chi connectivity index (χ4n) is 0.908. The Balaban J connectivity index is 3.14. The van der Waals surface area contributed by atoms with E-state index in [0.717, 1.165) is 6.07 Å². The van der Waals surface area contributed by atoms with E-state index >= 15 is 0 Å². The van der Waals surface area contributed by atoms with Crippen LogP contribution >= 0.6 is 0 Å². The molecule has 0 fully saturated rings. The average molecular weight is 174 g/mol. The van der Waals surface area contributed by atoms with Crippen LogP contribution in [0.1, 0.15) is 5.56 Å². The van der Waals surface area contributed by atoms with Crippen LogP contribution in [-0.4, -0.2) is 7.05 Å². The zero-order chi connectivity index (χ0) is 9.19. The summed E-state index contributed by atoms with van der Waals surface area (Å²) in [5.41, 5.74) is -0.711. The molecule has 0 saturated carbocycles. The maximum atomic E-state index is 12.2. The van der Waals surface area contributed by atoms with Gasteiger partial charge in [-0.3, -0.25) is 5.32 Å². The Morgan fingerprint density at radius 1 is 1.17 bits per heavy atom. The summed E-state index contributed by atoms with van der Waals surface area (Å²) in [6.07, 6.45) is -4.31. The summed E-state index contributed by atoms with van der Waals surface area (Å²) in [6.45, 7) is 0. The van der Waals surface area contributed by atoms with Crippen molar-refractivity contribution in [2.75, 3.05) is 7.05 Å². The Hall–Kier alpha value is -1.19. The van der Waals surface area contributed by atoms with Gasteiger partial charge in [-0.2, -0.15) is 13.2 Å². The summed E-state index contributed by atoms with van der Waals surface area (Å²) in [4.78, 5) is 0. The zero-order valence-corrected chi connectivity index (χ0v) is 6.39. The minimum atomic E-state index is -4.31. The highest BCUT2D eigenvalue weighted by molar-refractivity contribution is 5.46. The van der Waals surface area contributed by atoms with Crippen LogP contribution in [0.5, 0.6) is 0 Å². The Morgan fingerprint density at radius 2 is 1.75 bits per heavy atom. The second-order valence-corrected chi connectivity index (χ2v) is 2.24. The first-order chi connectivity index (χ1) is 5.55. The molecule has 4 heteroatoms. The van der Waals surface area contributed by atoms with Gasteiger partial charge in [-0.25, -0.2) is 0 Å². The minimum Gasteiger partial charge on any atom is -0.288 e. The highest BCUT2D eigenvalue weighted by Crippen LogP contribution is 2.34. The third kappa shape index (κ3) is 1.69. The second-order valence-electron chi connectivity index (χ2n) is 2.24. The van der Waals surface area contributed by atoms with Crippen LogP contribution in [0.15, 0.2) is 24.3 Å². The first-order valence-electron chi connectivity index (χ1n) is 3.32. The lowest BCUT2D eigenvalue weighted by atomic mass is 10.2. The Bertz CT molecular complexity index is 267. The lowest BCUT2D eigenvalue weighted by Gasteiger charge is -2.09. The monoisotopic (exact) mass is 174 g/mol. The van der Waals surface area contributed by atoms with E-state index in [9.17, 15) is 13.2 Å². The summed E-state index contributed by atoms with van der Waals surface area (Å²) in [5.74, 6) is 0. The first kappa shape index (κ1) is 8.90. The fraction of sp³-hybridized carbons (Fsp3) is 0.250. The van der Waals surface area contributed by atoms with E-state index in [1.165, 1.54) is 25.2 Å². The Labute approximate surface area is 68.2 Å². The number of halogens is 3. The van der Waals surface area contributed by atoms with E-state index in [-0.39, 0.29) is 5.69 Å². The van der Waals surface area contributed by atoms with Gasteiger partial charge in [-0.15, -0.1) is 0 Å². The molecule has 12 heavy (non-hydrogen) atoms. The van der Waals surface area contributed by atoms with E-state index < -0.39 is 11.7 Å². The van der Waals surface area contributed by atoms with E-state index in [4.69, 9.17) is 0 Å². The topological polar surface area (TPSA) is 14.1 Å². The number of hydrogen-bond acceptors (Lipinski definition) is 0. The molecule has 65 valence electrons. The number of hydrogen-bond donors (Lipinski definition) is 0. The molecule has 0 saturated heterocycles. The minimum absolute atomic E-state index is 0.0231. The lowest BCUT2D eigenvalue weighted by Crippen LogP contribution is -2.07. The molecular weight excluding hydrogens is 167 g/mol. The van der Waals surface area contributed by atoms with Gasteiger partial charge in [-0.1, -0.05) is 12.1 Å². The summed E-state index contributed by atoms with van der Waals surface area (Å²) < 4.78 is 36.5. The normalized spacial score (nSPS) is 11.3. The number of benzene rings is 1. The molecule has 0 atom stereocenters. The van der Waals surface area contributed by atoms with Gasteiger partial charge >= 0.3 is 6.18 Å². The average Bonchev–Trinajstić information content (AvgIpc) is 2.03. The molecule has 0 N–H and O–H groups in total. The molecule has 1 aromatic carbocycles. The summed E-state index contributed by atoms with van der Waals surface area (Å²) in [7, 11) is 1.34. The van der Waals surface area contributed by atoms with Crippen LogP contribution < -0.4 is 5.32 Å². The van der Waals surface area contributed by atoms with Crippen molar-refractivity contribution in [3.05, 3.63) is 29.8 Å². The third-order valence-corrected chi connectivity index (χ3v) is 1.45. The van der Waals surface area contributed by atoms with Crippen molar-refractivity contribution < 1.29 is 13.2 Å². The summed E-state index contributed by atoms with van der Waals surface area (Å²) >= 11 is 0. The fourth-order valence-corrected chi connectivity index (χ4v) is 0.908. The van der Waals surface area contributed by atoms with Gasteiger partial charge in [0.05, 0.1) is 11.3 Å². The quantitative estimate of drug-likeness (QED) is 0.621. The van der Waals surface area contributed by atoms with Crippen molar-refractivity contribution in [2.24, 2.45) is 0 Å². The van der Waals surface area contributed by atoms with Crippen molar-refractivity contribution >= 4 is 5.69 Å². The van der Waals surface area contributed by atoms with Gasteiger partial charge in [0.1, 0.15) is 0 Å². The maximum absolute atomic E-state index is 12.2. The van der Waals surface area contributed by atoms with Gasteiger partial charge in [0.2, 0.25) is 0 Å². The van der Waals surface area contributed by atoms with Crippen molar-refractivity contribution in [3.63, 3.8) is 0 Å². The van der Waals surface area contributed by atoms with E-state index in [1.54, 1.807) is 0 Å². The molecule has 0 bridgehead atoms. The van der Waals surface area contributed by atoms with Crippen molar-refractivity contribution in [2.45, 2.75) is 6.18 Å².